The second kappa shape index (κ2) is 7.07. The van der Waals surface area contributed by atoms with E-state index >= 15 is 0 Å². The number of aryl methyl sites for hydroxylation is 1. The number of hydrazine groups is 1. The van der Waals surface area contributed by atoms with Crippen molar-refractivity contribution in [3.05, 3.63) is 47.7 Å². The number of hydrogen-bond acceptors (Lipinski definition) is 4. The molecule has 7 nitrogen and oxygen atoms in total. The molecule has 1 saturated carbocycles. The molecule has 1 aliphatic carbocycles. The number of benzene rings is 1. The van der Waals surface area contributed by atoms with Crippen molar-refractivity contribution in [2.24, 2.45) is 5.92 Å². The highest BCUT2D eigenvalue weighted by Gasteiger charge is 2.30. The minimum absolute atomic E-state index is 0.0176. The Morgan fingerprint density at radius 2 is 1.93 bits per heavy atom. The lowest BCUT2D eigenvalue weighted by atomic mass is 10.0. The Kier molecular flexibility index (Phi) is 4.58. The van der Waals surface area contributed by atoms with Gasteiger partial charge in [0.05, 0.1) is 22.8 Å². The third kappa shape index (κ3) is 3.35. The van der Waals surface area contributed by atoms with Gasteiger partial charge in [0.2, 0.25) is 5.91 Å². The molecule has 7 heteroatoms. The fourth-order valence-corrected chi connectivity index (χ4v) is 3.22. The molecule has 2 N–H and O–H groups in total. The number of hydrogen-bond donors (Lipinski definition) is 2. The number of carbonyl (C=O) groups is 2. The summed E-state index contributed by atoms with van der Waals surface area (Å²) in [6, 6.07) is 9.77. The number of carbonyl (C=O) groups excluding carboxylic acids is 2. The van der Waals surface area contributed by atoms with Crippen LogP contribution in [0.1, 0.15) is 48.7 Å². The first kappa shape index (κ1) is 18.2. The van der Waals surface area contributed by atoms with E-state index in [0.29, 0.717) is 22.3 Å². The van der Waals surface area contributed by atoms with Gasteiger partial charge in [-0.05, 0) is 45.2 Å². The number of pyridine rings is 1. The number of aromatic nitrogens is 3. The standard InChI is InChI=1S/C21H23N5O2/c1-12(2)26-19-17(11-22-26)16(21(28)25-24-20(27)14-8-9-14)10-18(23-19)15-7-5-4-6-13(15)3/h4-7,10-12,14H,8-9H2,1-3H3,(H,24,27)(H,25,28). The highest BCUT2D eigenvalue weighted by molar-refractivity contribution is 6.07. The van der Waals surface area contributed by atoms with Crippen LogP contribution in [0.4, 0.5) is 0 Å². The van der Waals surface area contributed by atoms with Crippen molar-refractivity contribution in [2.75, 3.05) is 0 Å². The van der Waals surface area contributed by atoms with E-state index in [9.17, 15) is 9.59 Å². The summed E-state index contributed by atoms with van der Waals surface area (Å²) in [6.07, 6.45) is 3.40. The molecule has 0 aliphatic heterocycles. The van der Waals surface area contributed by atoms with Gasteiger partial charge in [-0.25, -0.2) is 9.67 Å². The van der Waals surface area contributed by atoms with Crippen LogP contribution in [-0.2, 0) is 4.79 Å². The molecule has 2 aromatic heterocycles. The number of fused-ring (bicyclic) bond motifs is 1. The van der Waals surface area contributed by atoms with Crippen LogP contribution < -0.4 is 10.9 Å². The summed E-state index contributed by atoms with van der Waals surface area (Å²) in [5.41, 5.74) is 8.87. The third-order valence-corrected chi connectivity index (χ3v) is 4.97. The lowest BCUT2D eigenvalue weighted by Gasteiger charge is -2.12. The Balaban J connectivity index is 1.78. The topological polar surface area (TPSA) is 88.9 Å². The predicted molar refractivity (Wildman–Crippen MR) is 106 cm³/mol. The summed E-state index contributed by atoms with van der Waals surface area (Å²) in [5.74, 6) is -0.501. The summed E-state index contributed by atoms with van der Waals surface area (Å²) in [4.78, 5) is 29.5. The second-order valence-electron chi connectivity index (χ2n) is 7.51. The molecule has 0 saturated heterocycles. The lowest BCUT2D eigenvalue weighted by molar-refractivity contribution is -0.123. The zero-order valence-corrected chi connectivity index (χ0v) is 16.2. The molecular formula is C21H23N5O2. The molecule has 0 unspecified atom stereocenters. The molecule has 1 aliphatic rings. The molecule has 144 valence electrons. The minimum atomic E-state index is -0.375. The Morgan fingerprint density at radius 1 is 1.18 bits per heavy atom. The van der Waals surface area contributed by atoms with Crippen LogP contribution in [0.25, 0.3) is 22.3 Å². The van der Waals surface area contributed by atoms with Gasteiger partial charge in [-0.1, -0.05) is 24.3 Å². The summed E-state index contributed by atoms with van der Waals surface area (Å²) >= 11 is 0. The van der Waals surface area contributed by atoms with Crippen molar-refractivity contribution in [2.45, 2.75) is 39.7 Å². The van der Waals surface area contributed by atoms with Crippen molar-refractivity contribution in [3.8, 4) is 11.3 Å². The van der Waals surface area contributed by atoms with Gasteiger partial charge < -0.3 is 0 Å². The van der Waals surface area contributed by atoms with Gasteiger partial charge in [-0.2, -0.15) is 5.10 Å². The number of nitrogens with one attached hydrogen (secondary N) is 2. The van der Waals surface area contributed by atoms with Gasteiger partial charge in [-0.15, -0.1) is 0 Å². The monoisotopic (exact) mass is 377 g/mol. The van der Waals surface area contributed by atoms with Gasteiger partial charge in [0, 0.05) is 17.5 Å². The molecule has 1 fully saturated rings. The lowest BCUT2D eigenvalue weighted by Crippen LogP contribution is -2.42. The Bertz CT molecular complexity index is 1070. The molecule has 2 heterocycles. The molecular weight excluding hydrogens is 354 g/mol. The maximum absolute atomic E-state index is 12.9. The fraction of sp³-hybridized carbons (Fsp3) is 0.333. The molecule has 2 amide bonds. The van der Waals surface area contributed by atoms with Gasteiger partial charge in [-0.3, -0.25) is 20.4 Å². The van der Waals surface area contributed by atoms with Gasteiger partial charge in [0.1, 0.15) is 0 Å². The smallest absolute Gasteiger partial charge is 0.270 e. The quantitative estimate of drug-likeness (QED) is 0.684. The van der Waals surface area contributed by atoms with Crippen molar-refractivity contribution in [1.29, 1.82) is 0 Å². The van der Waals surface area contributed by atoms with E-state index in [2.05, 4.69) is 16.0 Å². The third-order valence-electron chi connectivity index (χ3n) is 4.97. The summed E-state index contributed by atoms with van der Waals surface area (Å²) < 4.78 is 1.80. The highest BCUT2D eigenvalue weighted by Crippen LogP contribution is 2.29. The van der Waals surface area contributed by atoms with Crippen molar-refractivity contribution in [1.82, 2.24) is 25.6 Å². The van der Waals surface area contributed by atoms with Crippen molar-refractivity contribution < 1.29 is 9.59 Å². The van der Waals surface area contributed by atoms with Crippen LogP contribution in [0, 0.1) is 12.8 Å². The van der Waals surface area contributed by atoms with Gasteiger partial charge in [0.15, 0.2) is 5.65 Å². The van der Waals surface area contributed by atoms with Crippen LogP contribution in [0.5, 0.6) is 0 Å². The van der Waals surface area contributed by atoms with Crippen LogP contribution in [-0.4, -0.2) is 26.6 Å². The highest BCUT2D eigenvalue weighted by atomic mass is 16.2. The summed E-state index contributed by atoms with van der Waals surface area (Å²) in [7, 11) is 0. The van der Waals surface area contributed by atoms with Crippen molar-refractivity contribution in [3.63, 3.8) is 0 Å². The molecule has 0 bridgehead atoms. The molecule has 0 atom stereocenters. The zero-order chi connectivity index (χ0) is 19.8. The first-order valence-corrected chi connectivity index (χ1v) is 9.50. The maximum atomic E-state index is 12.9. The van der Waals surface area contributed by atoms with E-state index in [1.807, 2.05) is 45.0 Å². The fourth-order valence-electron chi connectivity index (χ4n) is 3.22. The normalized spacial score (nSPS) is 13.7. The molecule has 28 heavy (non-hydrogen) atoms. The maximum Gasteiger partial charge on any atom is 0.270 e. The van der Waals surface area contributed by atoms with Crippen molar-refractivity contribution >= 4 is 22.8 Å². The average molecular weight is 377 g/mol. The van der Waals surface area contributed by atoms with E-state index in [4.69, 9.17) is 4.98 Å². The molecule has 0 radical (unpaired) electrons. The number of rotatable bonds is 4. The molecule has 0 spiro atoms. The zero-order valence-electron chi connectivity index (χ0n) is 16.2. The number of amides is 2. The summed E-state index contributed by atoms with van der Waals surface area (Å²) in [5, 5.41) is 5.07. The minimum Gasteiger partial charge on any atom is -0.273 e. The van der Waals surface area contributed by atoms with Gasteiger partial charge >= 0.3 is 0 Å². The largest absolute Gasteiger partial charge is 0.273 e. The Hall–Kier alpha value is -3.22. The molecule has 4 rings (SSSR count). The molecule has 1 aromatic carbocycles. The second-order valence-corrected chi connectivity index (χ2v) is 7.51. The summed E-state index contributed by atoms with van der Waals surface area (Å²) in [6.45, 7) is 6.05. The van der Waals surface area contributed by atoms with E-state index in [1.165, 1.54) is 0 Å². The Morgan fingerprint density at radius 3 is 2.61 bits per heavy atom. The van der Waals surface area contributed by atoms with Crippen LogP contribution >= 0.6 is 0 Å². The van der Waals surface area contributed by atoms with E-state index < -0.39 is 0 Å². The number of nitrogens with zero attached hydrogens (tertiary/aromatic N) is 3. The van der Waals surface area contributed by atoms with Crippen LogP contribution in [0.15, 0.2) is 36.5 Å². The predicted octanol–water partition coefficient (Wildman–Crippen LogP) is 3.16. The van der Waals surface area contributed by atoms with E-state index in [0.717, 1.165) is 24.0 Å². The SMILES string of the molecule is Cc1ccccc1-c1cc(C(=O)NNC(=O)C2CC2)c2cnn(C(C)C)c2n1. The first-order valence-electron chi connectivity index (χ1n) is 9.50. The Labute approximate surface area is 163 Å². The van der Waals surface area contributed by atoms with Crippen LogP contribution in [0.3, 0.4) is 0 Å². The van der Waals surface area contributed by atoms with E-state index in [1.54, 1.807) is 16.9 Å². The van der Waals surface area contributed by atoms with Gasteiger partial charge in [0.25, 0.3) is 5.91 Å². The average Bonchev–Trinajstić information content (AvgIpc) is 3.44. The van der Waals surface area contributed by atoms with E-state index in [-0.39, 0.29) is 23.8 Å². The molecule has 3 aromatic rings. The van der Waals surface area contributed by atoms with Crippen LogP contribution in [0.2, 0.25) is 0 Å². The first-order chi connectivity index (χ1) is 13.5.